The van der Waals surface area contributed by atoms with E-state index in [1.165, 1.54) is 12.1 Å². The van der Waals surface area contributed by atoms with Crippen molar-refractivity contribution in [3.63, 3.8) is 0 Å². The monoisotopic (exact) mass is 551 g/mol. The van der Waals surface area contributed by atoms with Crippen molar-refractivity contribution in [1.29, 1.82) is 0 Å². The fourth-order valence-electron chi connectivity index (χ4n) is 4.35. The van der Waals surface area contributed by atoms with Crippen LogP contribution in [-0.4, -0.2) is 43.8 Å². The van der Waals surface area contributed by atoms with Gasteiger partial charge in [-0.05, 0) is 67.1 Å². The summed E-state index contributed by atoms with van der Waals surface area (Å²) in [5.41, 5.74) is 2.44. The predicted molar refractivity (Wildman–Crippen MR) is 148 cm³/mol. The van der Waals surface area contributed by atoms with Crippen molar-refractivity contribution in [2.45, 2.75) is 62.6 Å². The second kappa shape index (κ2) is 13.0. The minimum atomic E-state index is -3.55. The highest BCUT2D eigenvalue weighted by atomic mass is 32.2. The Bertz CT molecular complexity index is 1360. The molecular formula is C30H34FN3O4S. The van der Waals surface area contributed by atoms with Gasteiger partial charge in [0, 0.05) is 32.0 Å². The summed E-state index contributed by atoms with van der Waals surface area (Å²) in [4.78, 5) is 28.6. The van der Waals surface area contributed by atoms with Gasteiger partial charge in [0.1, 0.15) is 11.9 Å². The van der Waals surface area contributed by atoms with Crippen LogP contribution < -0.4 is 10.0 Å². The second-order valence-corrected chi connectivity index (χ2v) is 11.5. The summed E-state index contributed by atoms with van der Waals surface area (Å²) in [7, 11) is -3.55. The van der Waals surface area contributed by atoms with E-state index in [0.29, 0.717) is 24.9 Å². The van der Waals surface area contributed by atoms with Crippen molar-refractivity contribution in [3.8, 4) is 0 Å². The predicted octanol–water partition coefficient (Wildman–Crippen LogP) is 3.98. The lowest BCUT2D eigenvalue weighted by Crippen LogP contribution is -2.50. The Balaban J connectivity index is 1.52. The van der Waals surface area contributed by atoms with Gasteiger partial charge in [-0.25, -0.2) is 17.5 Å². The van der Waals surface area contributed by atoms with Gasteiger partial charge in [-0.1, -0.05) is 54.6 Å². The first-order chi connectivity index (χ1) is 18.7. The van der Waals surface area contributed by atoms with E-state index in [1.54, 1.807) is 41.3 Å². The number of benzene rings is 3. The number of rotatable bonds is 13. The zero-order valence-corrected chi connectivity index (χ0v) is 22.8. The van der Waals surface area contributed by atoms with Gasteiger partial charge in [-0.2, -0.15) is 0 Å². The maximum atomic E-state index is 13.6. The molecule has 1 aliphatic rings. The van der Waals surface area contributed by atoms with E-state index >= 15 is 0 Å². The van der Waals surface area contributed by atoms with Crippen LogP contribution in [0.1, 0.15) is 42.9 Å². The number of nitrogens with zero attached hydrogens (tertiary/aromatic N) is 1. The number of aryl methyl sites for hydroxylation is 1. The van der Waals surface area contributed by atoms with Gasteiger partial charge in [-0.15, -0.1) is 0 Å². The van der Waals surface area contributed by atoms with Gasteiger partial charge >= 0.3 is 0 Å². The largest absolute Gasteiger partial charge is 0.355 e. The normalized spacial score (nSPS) is 14.0. The van der Waals surface area contributed by atoms with Crippen LogP contribution in [0.3, 0.4) is 0 Å². The highest BCUT2D eigenvalue weighted by Gasteiger charge is 2.30. The zero-order chi connectivity index (χ0) is 27.8. The molecule has 2 amide bonds. The Morgan fingerprint density at radius 2 is 1.56 bits per heavy atom. The van der Waals surface area contributed by atoms with Crippen molar-refractivity contribution in [3.05, 3.63) is 101 Å². The Morgan fingerprint density at radius 1 is 0.923 bits per heavy atom. The third-order valence-electron chi connectivity index (χ3n) is 6.65. The molecule has 0 aliphatic heterocycles. The van der Waals surface area contributed by atoms with Gasteiger partial charge in [0.05, 0.1) is 4.90 Å². The molecule has 2 N–H and O–H groups in total. The molecule has 9 heteroatoms. The summed E-state index contributed by atoms with van der Waals surface area (Å²) in [5, 5.41) is 2.85. The van der Waals surface area contributed by atoms with Crippen molar-refractivity contribution >= 4 is 21.8 Å². The third kappa shape index (κ3) is 8.21. The molecule has 0 bridgehead atoms. The number of carbonyl (C=O) groups excluding carboxylic acids is 2. The zero-order valence-electron chi connectivity index (χ0n) is 22.0. The molecule has 4 rings (SSSR count). The summed E-state index contributed by atoms with van der Waals surface area (Å²) in [6.07, 6.45) is 2.55. The molecule has 39 heavy (non-hydrogen) atoms. The first kappa shape index (κ1) is 28.4. The van der Waals surface area contributed by atoms with Crippen LogP contribution in [0.25, 0.3) is 0 Å². The number of hydrogen-bond donors (Lipinski definition) is 2. The van der Waals surface area contributed by atoms with E-state index in [9.17, 15) is 22.4 Å². The number of nitrogens with one attached hydrogen (secondary N) is 2. The fraction of sp³-hybridized carbons (Fsp3) is 0.333. The Morgan fingerprint density at radius 3 is 2.18 bits per heavy atom. The van der Waals surface area contributed by atoms with Gasteiger partial charge in [0.25, 0.3) is 0 Å². The van der Waals surface area contributed by atoms with E-state index in [-0.39, 0.29) is 41.5 Å². The summed E-state index contributed by atoms with van der Waals surface area (Å²) in [6, 6.07) is 21.2. The van der Waals surface area contributed by atoms with Gasteiger partial charge in [0.2, 0.25) is 21.8 Å². The summed E-state index contributed by atoms with van der Waals surface area (Å²) < 4.78 is 41.1. The Labute approximate surface area is 229 Å². The summed E-state index contributed by atoms with van der Waals surface area (Å²) in [5.74, 6) is -0.855. The summed E-state index contributed by atoms with van der Waals surface area (Å²) >= 11 is 0. The van der Waals surface area contributed by atoms with Gasteiger partial charge in [-0.3, -0.25) is 9.59 Å². The molecule has 3 aromatic carbocycles. The van der Waals surface area contributed by atoms with Crippen molar-refractivity contribution in [2.75, 3.05) is 6.54 Å². The minimum absolute atomic E-state index is 0.0214. The van der Waals surface area contributed by atoms with Crippen LogP contribution >= 0.6 is 0 Å². The van der Waals surface area contributed by atoms with Crippen molar-refractivity contribution in [1.82, 2.24) is 14.9 Å². The maximum Gasteiger partial charge on any atom is 0.243 e. The molecule has 1 fully saturated rings. The number of carbonyl (C=O) groups is 2. The molecule has 1 saturated carbocycles. The number of amides is 2. The number of sulfonamides is 1. The Kier molecular flexibility index (Phi) is 9.48. The SMILES string of the molecule is CCNC(=O)C(Cc1ccccc1)N(Cc1ccc(F)cc1)C(=O)CCc1ccc(S(=O)(=O)NC2CC2)cc1. The van der Waals surface area contributed by atoms with E-state index in [2.05, 4.69) is 10.0 Å². The molecule has 7 nitrogen and oxygen atoms in total. The molecule has 0 radical (unpaired) electrons. The molecule has 0 heterocycles. The topological polar surface area (TPSA) is 95.6 Å². The fourth-order valence-corrected chi connectivity index (χ4v) is 5.66. The lowest BCUT2D eigenvalue weighted by Gasteiger charge is -2.31. The van der Waals surface area contributed by atoms with Gasteiger partial charge < -0.3 is 10.2 Å². The van der Waals surface area contributed by atoms with Crippen LogP contribution in [0.4, 0.5) is 4.39 Å². The molecule has 0 spiro atoms. The average Bonchev–Trinajstić information content (AvgIpc) is 3.74. The molecule has 1 atom stereocenters. The standard InChI is InChI=1S/C30H34FN3O4S/c1-2-32-30(36)28(20-23-6-4-3-5-7-23)34(21-24-8-13-25(31)14-9-24)29(35)19-12-22-10-17-27(18-11-22)39(37,38)33-26-15-16-26/h3-11,13-14,17-18,26,28,33H,2,12,15-16,19-21H2,1H3,(H,32,36). The third-order valence-corrected chi connectivity index (χ3v) is 8.19. The number of likely N-dealkylation sites (N-methyl/N-ethyl adjacent to an activating group) is 1. The van der Waals surface area contributed by atoms with Crippen molar-refractivity contribution < 1.29 is 22.4 Å². The van der Waals surface area contributed by atoms with E-state index in [0.717, 1.165) is 24.0 Å². The van der Waals surface area contributed by atoms with E-state index in [4.69, 9.17) is 0 Å². The van der Waals surface area contributed by atoms with Crippen molar-refractivity contribution in [2.24, 2.45) is 0 Å². The Hall–Kier alpha value is -3.56. The molecule has 206 valence electrons. The smallest absolute Gasteiger partial charge is 0.243 e. The lowest BCUT2D eigenvalue weighted by atomic mass is 10.0. The highest BCUT2D eigenvalue weighted by molar-refractivity contribution is 7.89. The average molecular weight is 552 g/mol. The molecular weight excluding hydrogens is 517 g/mol. The molecule has 0 saturated heterocycles. The first-order valence-corrected chi connectivity index (χ1v) is 14.7. The molecule has 0 aromatic heterocycles. The number of halogens is 1. The first-order valence-electron chi connectivity index (χ1n) is 13.2. The van der Waals surface area contributed by atoms with Gasteiger partial charge in [0.15, 0.2) is 0 Å². The highest BCUT2D eigenvalue weighted by Crippen LogP contribution is 2.23. The molecule has 1 unspecified atom stereocenters. The minimum Gasteiger partial charge on any atom is -0.355 e. The molecule has 3 aromatic rings. The molecule has 1 aliphatic carbocycles. The quantitative estimate of drug-likeness (QED) is 0.336. The number of hydrogen-bond acceptors (Lipinski definition) is 4. The van der Waals surface area contributed by atoms with Crippen LogP contribution in [0.2, 0.25) is 0 Å². The maximum absolute atomic E-state index is 13.6. The summed E-state index contributed by atoms with van der Waals surface area (Å²) in [6.45, 7) is 2.40. The van der Waals surface area contributed by atoms with Crippen LogP contribution in [0, 0.1) is 5.82 Å². The van der Waals surface area contributed by atoms with E-state index < -0.39 is 16.1 Å². The second-order valence-electron chi connectivity index (χ2n) is 9.79. The van der Waals surface area contributed by atoms with Crippen LogP contribution in [0.15, 0.2) is 83.8 Å². The lowest BCUT2D eigenvalue weighted by molar-refractivity contribution is -0.141. The van der Waals surface area contributed by atoms with Crippen LogP contribution in [-0.2, 0) is 39.0 Å². The van der Waals surface area contributed by atoms with E-state index in [1.807, 2.05) is 37.3 Å². The van der Waals surface area contributed by atoms with Crippen LogP contribution in [0.5, 0.6) is 0 Å².